The fraction of sp³-hybridized carbons (Fsp3) is 0.478. The van der Waals surface area contributed by atoms with Crippen LogP contribution >= 0.6 is 11.8 Å². The van der Waals surface area contributed by atoms with Gasteiger partial charge in [-0.25, -0.2) is 9.97 Å². The van der Waals surface area contributed by atoms with Crippen LogP contribution in [0.25, 0.3) is 11.1 Å². The molecule has 1 aliphatic heterocycles. The first kappa shape index (κ1) is 18.7. The van der Waals surface area contributed by atoms with Crippen molar-refractivity contribution in [3.63, 3.8) is 0 Å². The number of rotatable bonds is 10. The molecule has 166 valence electrons. The number of thioether (sulfide) groups is 1. The highest BCUT2D eigenvalue weighted by molar-refractivity contribution is 7.99. The van der Waals surface area contributed by atoms with Crippen LogP contribution < -0.4 is 10.1 Å². The maximum atomic E-state index is 10.0. The average molecular weight is 455 g/mol. The number of hydrogen-bond donors (Lipinski definition) is 1. The van der Waals surface area contributed by atoms with Gasteiger partial charge < -0.3 is 19.5 Å². The minimum absolute atomic E-state index is 0.00795. The summed E-state index contributed by atoms with van der Waals surface area (Å²) < 4.78 is 37.2. The molecule has 3 heterocycles. The number of hydrogen-bond acceptors (Lipinski definition) is 9. The maximum Gasteiger partial charge on any atom is 0.213 e. The van der Waals surface area contributed by atoms with Gasteiger partial charge in [-0.15, -0.1) is 11.8 Å². The number of anilines is 1. The molecular formula is C23H25N5O3S. The third-order valence-corrected chi connectivity index (χ3v) is 6.37. The highest BCUT2D eigenvalue weighted by Crippen LogP contribution is 2.39. The Labute approximate surface area is 196 Å². The van der Waals surface area contributed by atoms with Crippen LogP contribution in [-0.2, 0) is 9.47 Å². The Morgan fingerprint density at radius 1 is 1.31 bits per heavy atom. The highest BCUT2D eigenvalue weighted by atomic mass is 32.2. The molecule has 4 rings (SSSR count). The molecule has 2 aliphatic rings. The van der Waals surface area contributed by atoms with Gasteiger partial charge in [0.2, 0.25) is 5.88 Å². The zero-order valence-corrected chi connectivity index (χ0v) is 18.4. The fourth-order valence-electron chi connectivity index (χ4n) is 3.12. The number of aromatic nitrogens is 2. The Kier molecular flexibility index (Phi) is 5.95. The predicted octanol–water partition coefficient (Wildman–Crippen LogP) is 3.61. The van der Waals surface area contributed by atoms with Crippen LogP contribution in [0.5, 0.6) is 5.88 Å². The number of nitrogens with one attached hydrogen (secondary N) is 1. The van der Waals surface area contributed by atoms with Crippen LogP contribution in [0.1, 0.15) is 35.0 Å². The monoisotopic (exact) mass is 454 g/mol. The van der Waals surface area contributed by atoms with E-state index >= 15 is 0 Å². The zero-order valence-electron chi connectivity index (χ0n) is 20.6. The molecule has 1 aliphatic carbocycles. The van der Waals surface area contributed by atoms with E-state index in [0.29, 0.717) is 52.2 Å². The standard InChI is InChI=1S/C23H25N5O3S/c1-14(29-2)10-31-20-6-3-16(9-26-20)21-18(7-24)22(27-17-4-5-17)28-23(19(21)8-25)32-13-15-11-30-12-15/h3,6,9,14-15,17H,4-5,10-13H2,1-2H3,(H,27,28)/i2D3. The van der Waals surface area contributed by atoms with E-state index in [4.69, 9.17) is 18.3 Å². The predicted molar refractivity (Wildman–Crippen MR) is 121 cm³/mol. The Morgan fingerprint density at radius 3 is 2.72 bits per heavy atom. The minimum Gasteiger partial charge on any atom is -0.475 e. The molecule has 8 nitrogen and oxygen atoms in total. The third kappa shape index (κ3) is 5.13. The van der Waals surface area contributed by atoms with Crippen molar-refractivity contribution < 1.29 is 18.3 Å². The molecular weight excluding hydrogens is 426 g/mol. The first-order valence-corrected chi connectivity index (χ1v) is 11.4. The van der Waals surface area contributed by atoms with Gasteiger partial charge in [0.1, 0.15) is 35.2 Å². The van der Waals surface area contributed by atoms with Crippen molar-refractivity contribution in [3.05, 3.63) is 29.5 Å². The van der Waals surface area contributed by atoms with Gasteiger partial charge in [0.15, 0.2) is 0 Å². The van der Waals surface area contributed by atoms with Crippen molar-refractivity contribution in [2.24, 2.45) is 5.92 Å². The molecule has 2 aromatic heterocycles. The van der Waals surface area contributed by atoms with Crippen LogP contribution in [0.3, 0.4) is 0 Å². The van der Waals surface area contributed by atoms with E-state index in [2.05, 4.69) is 27.4 Å². The molecule has 1 unspecified atom stereocenters. The van der Waals surface area contributed by atoms with Crippen molar-refractivity contribution in [2.45, 2.75) is 36.9 Å². The van der Waals surface area contributed by atoms with E-state index in [-0.39, 0.29) is 18.5 Å². The topological polar surface area (TPSA) is 113 Å². The van der Waals surface area contributed by atoms with Crippen LogP contribution in [0.4, 0.5) is 5.82 Å². The van der Waals surface area contributed by atoms with Gasteiger partial charge in [-0.3, -0.25) is 0 Å². The molecule has 1 saturated carbocycles. The van der Waals surface area contributed by atoms with Crippen molar-refractivity contribution in [2.75, 3.05) is 37.9 Å². The highest BCUT2D eigenvalue weighted by Gasteiger charge is 2.28. The van der Waals surface area contributed by atoms with Gasteiger partial charge in [0, 0.05) is 48.1 Å². The molecule has 1 saturated heterocycles. The Hall–Kier alpha value is -2.85. The summed E-state index contributed by atoms with van der Waals surface area (Å²) in [7, 11) is -2.50. The summed E-state index contributed by atoms with van der Waals surface area (Å²) in [4.78, 5) is 8.97. The molecule has 0 aromatic carbocycles. The third-order valence-electron chi connectivity index (χ3n) is 5.16. The molecule has 1 N–H and O–H groups in total. The van der Waals surface area contributed by atoms with Crippen LogP contribution in [-0.4, -0.2) is 54.7 Å². The lowest BCUT2D eigenvalue weighted by molar-refractivity contribution is -0.0196. The number of methoxy groups -OCH3 is 1. The zero-order chi connectivity index (χ0) is 25.0. The van der Waals surface area contributed by atoms with Crippen LogP contribution in [0.2, 0.25) is 0 Å². The largest absolute Gasteiger partial charge is 0.475 e. The van der Waals surface area contributed by atoms with Crippen LogP contribution in [0.15, 0.2) is 23.4 Å². The molecule has 0 spiro atoms. The summed E-state index contributed by atoms with van der Waals surface area (Å²) in [5.74, 6) is 1.95. The Balaban J connectivity index is 1.61. The smallest absolute Gasteiger partial charge is 0.213 e. The lowest BCUT2D eigenvalue weighted by Crippen LogP contribution is -2.29. The lowest BCUT2D eigenvalue weighted by Gasteiger charge is -2.25. The molecule has 2 fully saturated rings. The number of nitrogens with zero attached hydrogens (tertiary/aromatic N) is 4. The van der Waals surface area contributed by atoms with Gasteiger partial charge in [-0.05, 0) is 25.8 Å². The molecule has 0 bridgehead atoms. The maximum absolute atomic E-state index is 10.0. The van der Waals surface area contributed by atoms with E-state index in [1.54, 1.807) is 19.1 Å². The van der Waals surface area contributed by atoms with Gasteiger partial charge in [0.05, 0.1) is 29.0 Å². The van der Waals surface area contributed by atoms with Crippen LogP contribution in [0, 0.1) is 28.6 Å². The summed E-state index contributed by atoms with van der Waals surface area (Å²) in [5.41, 5.74) is 1.72. The number of pyridine rings is 2. The van der Waals surface area contributed by atoms with E-state index in [0.717, 1.165) is 18.6 Å². The van der Waals surface area contributed by atoms with Gasteiger partial charge in [-0.2, -0.15) is 10.5 Å². The number of nitriles is 2. The second kappa shape index (κ2) is 10.2. The molecule has 0 radical (unpaired) electrons. The lowest BCUT2D eigenvalue weighted by atomic mass is 9.98. The van der Waals surface area contributed by atoms with Gasteiger partial charge in [0.25, 0.3) is 0 Å². The molecule has 9 heteroatoms. The van der Waals surface area contributed by atoms with Crippen molar-refractivity contribution >= 4 is 17.6 Å². The first-order chi connectivity index (χ1) is 16.8. The van der Waals surface area contributed by atoms with E-state index in [1.165, 1.54) is 18.0 Å². The number of ether oxygens (including phenoxy) is 3. The second-order valence-corrected chi connectivity index (χ2v) is 8.88. The molecule has 32 heavy (non-hydrogen) atoms. The quantitative estimate of drug-likeness (QED) is 0.538. The molecule has 0 amide bonds. The Morgan fingerprint density at radius 2 is 2.12 bits per heavy atom. The Bertz CT molecular complexity index is 1140. The summed E-state index contributed by atoms with van der Waals surface area (Å²) >= 11 is 1.50. The van der Waals surface area contributed by atoms with Gasteiger partial charge in [-0.1, -0.05) is 0 Å². The van der Waals surface area contributed by atoms with E-state index < -0.39 is 13.1 Å². The summed E-state index contributed by atoms with van der Waals surface area (Å²) in [5, 5.41) is 23.9. The van der Waals surface area contributed by atoms with E-state index in [1.807, 2.05) is 0 Å². The van der Waals surface area contributed by atoms with Crippen molar-refractivity contribution in [1.29, 1.82) is 10.5 Å². The summed E-state index contributed by atoms with van der Waals surface area (Å²) in [6.07, 6.45) is 2.91. The van der Waals surface area contributed by atoms with Crippen molar-refractivity contribution in [3.8, 4) is 29.1 Å². The summed E-state index contributed by atoms with van der Waals surface area (Å²) in [6.45, 7) is 3.01. The van der Waals surface area contributed by atoms with Crippen molar-refractivity contribution in [1.82, 2.24) is 9.97 Å². The molecule has 1 atom stereocenters. The average Bonchev–Trinajstić information content (AvgIpc) is 3.59. The fourth-order valence-corrected chi connectivity index (χ4v) is 4.16. The van der Waals surface area contributed by atoms with E-state index in [9.17, 15) is 10.5 Å². The molecule has 2 aromatic rings. The minimum atomic E-state index is -2.50. The van der Waals surface area contributed by atoms with Gasteiger partial charge >= 0.3 is 0 Å². The second-order valence-electron chi connectivity index (χ2n) is 7.87. The first-order valence-electron chi connectivity index (χ1n) is 11.9. The normalized spacial score (nSPS) is 18.3. The summed E-state index contributed by atoms with van der Waals surface area (Å²) in [6, 6.07) is 8.10. The SMILES string of the molecule is [2H]C([2H])([2H])OC(C)COc1ccc(-c2c(C#N)c(NC3CC3)nc(SCC3COC3)c2C#N)cn1.